The monoisotopic (exact) mass is 254 g/mol. The van der Waals surface area contributed by atoms with Crippen LogP contribution in [0, 0.1) is 24.2 Å². The van der Waals surface area contributed by atoms with Crippen LogP contribution in [0.25, 0.3) is 0 Å². The Labute approximate surface area is 91.1 Å². The summed E-state index contributed by atoms with van der Waals surface area (Å²) in [4.78, 5) is 11.5. The molecular formula is C10H11BrN2O. The third kappa shape index (κ3) is 2.24. The third-order valence-corrected chi connectivity index (χ3v) is 2.90. The summed E-state index contributed by atoms with van der Waals surface area (Å²) in [7, 11) is 0. The number of nitrogens with zero attached hydrogens (tertiary/aromatic N) is 2. The molecule has 0 N–H and O–H groups in total. The van der Waals surface area contributed by atoms with Crippen molar-refractivity contribution in [2.75, 3.05) is 0 Å². The molecular weight excluding hydrogens is 244 g/mol. The lowest BCUT2D eigenvalue weighted by Gasteiger charge is -2.11. The average molecular weight is 255 g/mol. The highest BCUT2D eigenvalue weighted by atomic mass is 79.9. The molecule has 0 bridgehead atoms. The van der Waals surface area contributed by atoms with Crippen molar-refractivity contribution in [1.29, 1.82) is 5.26 Å². The quantitative estimate of drug-likeness (QED) is 0.812. The highest BCUT2D eigenvalue weighted by Crippen LogP contribution is 2.13. The topological polar surface area (TPSA) is 45.8 Å². The number of rotatable bonds is 2. The molecule has 1 rings (SSSR count). The molecule has 1 aromatic heterocycles. The number of halogens is 1. The van der Waals surface area contributed by atoms with Crippen molar-refractivity contribution >= 4 is 15.9 Å². The highest BCUT2D eigenvalue weighted by molar-refractivity contribution is 9.10. The van der Waals surface area contributed by atoms with Crippen molar-refractivity contribution < 1.29 is 0 Å². The molecule has 1 heterocycles. The van der Waals surface area contributed by atoms with E-state index in [0.717, 1.165) is 10.2 Å². The van der Waals surface area contributed by atoms with Gasteiger partial charge in [-0.1, -0.05) is 0 Å². The van der Waals surface area contributed by atoms with Gasteiger partial charge >= 0.3 is 0 Å². The Morgan fingerprint density at radius 2 is 2.29 bits per heavy atom. The van der Waals surface area contributed by atoms with E-state index in [-0.39, 0.29) is 11.5 Å². The van der Waals surface area contributed by atoms with Gasteiger partial charge < -0.3 is 4.57 Å². The zero-order valence-electron chi connectivity index (χ0n) is 8.12. The maximum absolute atomic E-state index is 11.5. The van der Waals surface area contributed by atoms with Crippen molar-refractivity contribution in [3.8, 4) is 6.07 Å². The Balaban J connectivity index is 3.15. The Bertz CT molecular complexity index is 431. The molecule has 4 heteroatoms. The summed E-state index contributed by atoms with van der Waals surface area (Å²) < 4.78 is 2.50. The molecule has 0 amide bonds. The lowest BCUT2D eigenvalue weighted by Crippen LogP contribution is -2.24. The third-order valence-electron chi connectivity index (χ3n) is 2.07. The number of hydrogen-bond donors (Lipinski definition) is 0. The molecule has 3 nitrogen and oxygen atoms in total. The molecule has 14 heavy (non-hydrogen) atoms. The van der Waals surface area contributed by atoms with E-state index in [2.05, 4.69) is 22.0 Å². The van der Waals surface area contributed by atoms with Crippen LogP contribution in [0.15, 0.2) is 21.4 Å². The van der Waals surface area contributed by atoms with Gasteiger partial charge in [0.15, 0.2) is 0 Å². The van der Waals surface area contributed by atoms with Gasteiger partial charge in [-0.25, -0.2) is 0 Å². The molecule has 0 saturated heterocycles. The van der Waals surface area contributed by atoms with Crippen LogP contribution in [0.2, 0.25) is 0 Å². The zero-order valence-corrected chi connectivity index (χ0v) is 9.71. The fraction of sp³-hybridized carbons (Fsp3) is 0.400. The van der Waals surface area contributed by atoms with Gasteiger partial charge in [-0.05, 0) is 35.8 Å². The molecule has 1 atom stereocenters. The van der Waals surface area contributed by atoms with E-state index in [1.54, 1.807) is 17.6 Å². The second kappa shape index (κ2) is 4.43. The van der Waals surface area contributed by atoms with E-state index >= 15 is 0 Å². The molecule has 0 fully saturated rings. The molecule has 0 spiro atoms. The average Bonchev–Trinajstić information content (AvgIpc) is 2.18. The van der Waals surface area contributed by atoms with Gasteiger partial charge in [-0.3, -0.25) is 4.79 Å². The van der Waals surface area contributed by atoms with Gasteiger partial charge in [-0.2, -0.15) is 5.26 Å². The van der Waals surface area contributed by atoms with Crippen molar-refractivity contribution in [3.63, 3.8) is 0 Å². The SMILES string of the molecule is Cc1c(Br)ccc(=O)n1CC(C)C#N. The standard InChI is InChI=1S/C10H11BrN2O/c1-7(5-12)6-13-8(2)9(11)3-4-10(13)14/h3-4,7H,6H2,1-2H3. The molecule has 0 aliphatic carbocycles. The van der Waals surface area contributed by atoms with Crippen molar-refractivity contribution in [2.24, 2.45) is 5.92 Å². The summed E-state index contributed by atoms with van der Waals surface area (Å²) >= 11 is 3.35. The molecule has 0 aliphatic rings. The van der Waals surface area contributed by atoms with Crippen LogP contribution in [-0.4, -0.2) is 4.57 Å². The summed E-state index contributed by atoms with van der Waals surface area (Å²) in [6.07, 6.45) is 0. The fourth-order valence-corrected chi connectivity index (χ4v) is 1.54. The molecule has 0 radical (unpaired) electrons. The number of pyridine rings is 1. The zero-order chi connectivity index (χ0) is 10.7. The van der Waals surface area contributed by atoms with E-state index in [9.17, 15) is 4.79 Å². The maximum atomic E-state index is 11.5. The van der Waals surface area contributed by atoms with Crippen LogP contribution >= 0.6 is 15.9 Å². The second-order valence-corrected chi connectivity index (χ2v) is 4.10. The minimum Gasteiger partial charge on any atom is -0.311 e. The smallest absolute Gasteiger partial charge is 0.250 e. The van der Waals surface area contributed by atoms with E-state index in [4.69, 9.17) is 5.26 Å². The molecule has 1 aromatic rings. The number of aromatic nitrogens is 1. The second-order valence-electron chi connectivity index (χ2n) is 3.25. The van der Waals surface area contributed by atoms with Crippen molar-refractivity contribution in [1.82, 2.24) is 4.57 Å². The molecule has 0 aromatic carbocycles. The lowest BCUT2D eigenvalue weighted by molar-refractivity contribution is 0.551. The van der Waals surface area contributed by atoms with Gasteiger partial charge in [0.1, 0.15) is 0 Å². The van der Waals surface area contributed by atoms with Gasteiger partial charge in [0.2, 0.25) is 0 Å². The first-order chi connectivity index (χ1) is 6.56. The lowest BCUT2D eigenvalue weighted by atomic mass is 10.2. The minimum absolute atomic E-state index is 0.0622. The summed E-state index contributed by atoms with van der Waals surface area (Å²) in [5.74, 6) is -0.152. The van der Waals surface area contributed by atoms with E-state index in [0.29, 0.717) is 6.54 Å². The van der Waals surface area contributed by atoms with Crippen molar-refractivity contribution in [2.45, 2.75) is 20.4 Å². The van der Waals surface area contributed by atoms with Crippen LogP contribution in [0.1, 0.15) is 12.6 Å². The first kappa shape index (κ1) is 11.0. The van der Waals surface area contributed by atoms with Crippen LogP contribution < -0.4 is 5.56 Å². The Morgan fingerprint density at radius 3 is 2.86 bits per heavy atom. The predicted molar refractivity (Wildman–Crippen MR) is 57.9 cm³/mol. The first-order valence-corrected chi connectivity index (χ1v) is 5.11. The molecule has 1 unspecified atom stereocenters. The molecule has 0 aliphatic heterocycles. The first-order valence-electron chi connectivity index (χ1n) is 4.32. The highest BCUT2D eigenvalue weighted by Gasteiger charge is 2.07. The Hall–Kier alpha value is -1.08. The van der Waals surface area contributed by atoms with Crippen LogP contribution in [0.4, 0.5) is 0 Å². The maximum Gasteiger partial charge on any atom is 0.250 e. The Morgan fingerprint density at radius 1 is 1.64 bits per heavy atom. The van der Waals surface area contributed by atoms with Gasteiger partial charge in [0, 0.05) is 22.8 Å². The molecule has 0 saturated carbocycles. The van der Waals surface area contributed by atoms with E-state index < -0.39 is 0 Å². The summed E-state index contributed by atoms with van der Waals surface area (Å²) in [6.45, 7) is 4.10. The van der Waals surface area contributed by atoms with Crippen LogP contribution in [-0.2, 0) is 6.54 Å². The minimum atomic E-state index is -0.152. The van der Waals surface area contributed by atoms with Gasteiger partial charge in [0.05, 0.1) is 12.0 Å². The summed E-state index contributed by atoms with van der Waals surface area (Å²) in [6, 6.07) is 5.34. The Kier molecular flexibility index (Phi) is 3.48. The van der Waals surface area contributed by atoms with Gasteiger partial charge in [0.25, 0.3) is 5.56 Å². The largest absolute Gasteiger partial charge is 0.311 e. The van der Waals surface area contributed by atoms with Crippen LogP contribution in [0.5, 0.6) is 0 Å². The summed E-state index contributed by atoms with van der Waals surface area (Å²) in [5.41, 5.74) is 0.799. The van der Waals surface area contributed by atoms with Crippen LogP contribution in [0.3, 0.4) is 0 Å². The van der Waals surface area contributed by atoms with E-state index in [1.165, 1.54) is 6.07 Å². The predicted octanol–water partition coefficient (Wildman–Crippen LogP) is 2.08. The fourth-order valence-electron chi connectivity index (χ4n) is 1.19. The van der Waals surface area contributed by atoms with Gasteiger partial charge in [-0.15, -0.1) is 0 Å². The molecule has 74 valence electrons. The number of nitriles is 1. The van der Waals surface area contributed by atoms with Crippen molar-refractivity contribution in [3.05, 3.63) is 32.7 Å². The number of hydrogen-bond acceptors (Lipinski definition) is 2. The normalized spacial score (nSPS) is 12.1. The van der Waals surface area contributed by atoms with E-state index in [1.807, 2.05) is 6.92 Å². The summed E-state index contributed by atoms with van der Waals surface area (Å²) in [5, 5.41) is 8.67.